The second-order valence-corrected chi connectivity index (χ2v) is 6.59. The molecule has 146 valence electrons. The summed E-state index contributed by atoms with van der Waals surface area (Å²) in [5, 5.41) is 18.0. The molecule has 0 aliphatic carbocycles. The van der Waals surface area contributed by atoms with Gasteiger partial charge in [0.1, 0.15) is 11.0 Å². The highest BCUT2D eigenvalue weighted by Gasteiger charge is 2.15. The minimum Gasteiger partial charge on any atom is -0.478 e. The average molecular weight is 400 g/mol. The van der Waals surface area contributed by atoms with Crippen LogP contribution in [0, 0.1) is 0 Å². The van der Waals surface area contributed by atoms with Crippen LogP contribution in [0.2, 0.25) is 0 Å². The van der Waals surface area contributed by atoms with Crippen LogP contribution in [0.4, 0.5) is 0 Å². The van der Waals surface area contributed by atoms with Crippen molar-refractivity contribution < 1.29 is 28.6 Å². The summed E-state index contributed by atoms with van der Waals surface area (Å²) in [5.41, 5.74) is 3.84. The van der Waals surface area contributed by atoms with Crippen molar-refractivity contribution in [3.63, 3.8) is 0 Å². The first-order chi connectivity index (χ1) is 14.5. The lowest BCUT2D eigenvalue weighted by Crippen LogP contribution is -1.94. The normalized spacial score (nSPS) is 11.2. The third-order valence-corrected chi connectivity index (χ3v) is 4.66. The molecule has 0 fully saturated rings. The molecule has 0 radical (unpaired) electrons. The molecule has 0 atom stereocenters. The van der Waals surface area contributed by atoms with Crippen molar-refractivity contribution >= 4 is 34.1 Å². The highest BCUT2D eigenvalue weighted by molar-refractivity contribution is 5.92. The van der Waals surface area contributed by atoms with Gasteiger partial charge in [0.25, 0.3) is 0 Å². The Morgan fingerprint density at radius 2 is 1.00 bits per heavy atom. The van der Waals surface area contributed by atoms with Crippen LogP contribution in [0.3, 0.4) is 0 Å². The lowest BCUT2D eigenvalue weighted by Gasteiger charge is -1.96. The fourth-order valence-corrected chi connectivity index (χ4v) is 3.11. The Hall–Kier alpha value is -4.46. The number of carboxylic acids is 2. The van der Waals surface area contributed by atoms with Crippen molar-refractivity contribution in [1.82, 2.24) is 9.97 Å². The number of aromatic nitrogens is 2. The topological polar surface area (TPSA) is 127 Å². The summed E-state index contributed by atoms with van der Waals surface area (Å²) < 4.78 is 11.6. The van der Waals surface area contributed by atoms with Crippen LogP contribution in [-0.4, -0.2) is 32.1 Å². The molecule has 0 saturated carbocycles. The van der Waals surface area contributed by atoms with E-state index >= 15 is 0 Å². The lowest BCUT2D eigenvalue weighted by atomic mass is 10.1. The molecule has 0 bridgehead atoms. The summed E-state index contributed by atoms with van der Waals surface area (Å²) in [6, 6.07) is 15.9. The molecule has 2 N–H and O–H groups in total. The molecule has 8 nitrogen and oxygen atoms in total. The average Bonchev–Trinajstić information content (AvgIpc) is 3.35. The van der Waals surface area contributed by atoms with Crippen molar-refractivity contribution in [2.75, 3.05) is 0 Å². The third kappa shape index (κ3) is 2.96. The first-order valence-electron chi connectivity index (χ1n) is 8.86. The van der Waals surface area contributed by atoms with Crippen LogP contribution in [0.15, 0.2) is 69.5 Å². The van der Waals surface area contributed by atoms with Crippen molar-refractivity contribution in [2.24, 2.45) is 0 Å². The number of oxazole rings is 2. The van der Waals surface area contributed by atoms with E-state index < -0.39 is 11.9 Å². The molecule has 0 spiro atoms. The Bertz CT molecular complexity index is 1270. The second kappa shape index (κ2) is 6.56. The van der Waals surface area contributed by atoms with Gasteiger partial charge in [0.15, 0.2) is 11.2 Å². The van der Waals surface area contributed by atoms with Gasteiger partial charge in [0.2, 0.25) is 11.8 Å². The summed E-state index contributed by atoms with van der Waals surface area (Å²) >= 11 is 0. The van der Waals surface area contributed by atoms with E-state index in [0.717, 1.165) is 0 Å². The standard InChI is InChI=1S/C22H12N2O6/c25-21(26)13-5-1-11(2-6-13)19-23-15-9-18-16(10-17(15)29-19)24-20(30-18)12-3-7-14(8-4-12)22(27)28/h1-10H,(H,25,26)(H,27,28). The Kier molecular flexibility index (Phi) is 3.85. The van der Waals surface area contributed by atoms with Gasteiger partial charge in [-0.1, -0.05) is 0 Å². The molecule has 0 aliphatic heterocycles. The molecule has 2 aromatic heterocycles. The molecule has 8 heteroatoms. The number of hydrogen-bond donors (Lipinski definition) is 2. The predicted molar refractivity (Wildman–Crippen MR) is 106 cm³/mol. The van der Waals surface area contributed by atoms with E-state index in [9.17, 15) is 9.59 Å². The van der Waals surface area contributed by atoms with Crippen LogP contribution < -0.4 is 0 Å². The van der Waals surface area contributed by atoms with Crippen LogP contribution in [-0.2, 0) is 0 Å². The molecule has 0 aliphatic rings. The molecule has 2 heterocycles. The monoisotopic (exact) mass is 400 g/mol. The van der Waals surface area contributed by atoms with E-state index in [-0.39, 0.29) is 11.1 Å². The number of rotatable bonds is 4. The molecule has 0 unspecified atom stereocenters. The van der Waals surface area contributed by atoms with Gasteiger partial charge in [-0.2, -0.15) is 0 Å². The van der Waals surface area contributed by atoms with E-state index in [1.54, 1.807) is 36.4 Å². The highest BCUT2D eigenvalue weighted by Crippen LogP contribution is 2.31. The van der Waals surface area contributed by atoms with Crippen LogP contribution in [0.1, 0.15) is 20.7 Å². The van der Waals surface area contributed by atoms with E-state index in [2.05, 4.69) is 9.97 Å². The maximum Gasteiger partial charge on any atom is 0.335 e. The molecule has 5 rings (SSSR count). The Morgan fingerprint density at radius 1 is 0.633 bits per heavy atom. The predicted octanol–water partition coefficient (Wildman–Crippen LogP) is 4.70. The SMILES string of the molecule is O=C(O)c1ccc(-c2nc3cc4oc(-c5ccc(C(=O)O)cc5)nc4cc3o2)cc1. The van der Waals surface area contributed by atoms with Crippen molar-refractivity contribution in [2.45, 2.75) is 0 Å². The maximum atomic E-state index is 11.0. The third-order valence-electron chi connectivity index (χ3n) is 4.66. The highest BCUT2D eigenvalue weighted by atomic mass is 16.4. The molecular formula is C22H12N2O6. The van der Waals surface area contributed by atoms with Crippen LogP contribution in [0.5, 0.6) is 0 Å². The van der Waals surface area contributed by atoms with E-state index in [0.29, 0.717) is 45.1 Å². The molecule has 0 amide bonds. The zero-order valence-corrected chi connectivity index (χ0v) is 15.2. The Balaban J connectivity index is 1.51. The number of aromatic carboxylic acids is 2. The van der Waals surface area contributed by atoms with E-state index in [1.165, 1.54) is 24.3 Å². The number of benzene rings is 3. The van der Waals surface area contributed by atoms with Crippen molar-refractivity contribution in [1.29, 1.82) is 0 Å². The molecule has 3 aromatic carbocycles. The fourth-order valence-electron chi connectivity index (χ4n) is 3.11. The smallest absolute Gasteiger partial charge is 0.335 e. The Labute approximate surface area is 168 Å². The zero-order valence-electron chi connectivity index (χ0n) is 15.2. The lowest BCUT2D eigenvalue weighted by molar-refractivity contribution is 0.0686. The van der Waals surface area contributed by atoms with Crippen molar-refractivity contribution in [3.8, 4) is 22.9 Å². The molecular weight excluding hydrogens is 388 g/mol. The minimum absolute atomic E-state index is 0.181. The van der Waals surface area contributed by atoms with Crippen LogP contribution in [0.25, 0.3) is 45.1 Å². The second-order valence-electron chi connectivity index (χ2n) is 6.59. The number of carboxylic acid groups (broad SMARTS) is 2. The zero-order chi connectivity index (χ0) is 20.8. The van der Waals surface area contributed by atoms with Crippen LogP contribution >= 0.6 is 0 Å². The quantitative estimate of drug-likeness (QED) is 0.444. The van der Waals surface area contributed by atoms with Gasteiger partial charge in [-0.05, 0) is 48.5 Å². The van der Waals surface area contributed by atoms with Gasteiger partial charge < -0.3 is 19.0 Å². The minimum atomic E-state index is -1.00. The van der Waals surface area contributed by atoms with Gasteiger partial charge in [0.05, 0.1) is 11.1 Å². The number of nitrogens with zero attached hydrogens (tertiary/aromatic N) is 2. The van der Waals surface area contributed by atoms with E-state index in [1.807, 2.05) is 0 Å². The van der Waals surface area contributed by atoms with Gasteiger partial charge in [0, 0.05) is 23.3 Å². The molecule has 5 aromatic rings. The summed E-state index contributed by atoms with van der Waals surface area (Å²) in [6.07, 6.45) is 0. The van der Waals surface area contributed by atoms with E-state index in [4.69, 9.17) is 19.0 Å². The summed E-state index contributed by atoms with van der Waals surface area (Å²) in [6.45, 7) is 0. The first-order valence-corrected chi connectivity index (χ1v) is 8.86. The molecule has 0 saturated heterocycles. The van der Waals surface area contributed by atoms with Gasteiger partial charge >= 0.3 is 11.9 Å². The molecule has 30 heavy (non-hydrogen) atoms. The van der Waals surface area contributed by atoms with Gasteiger partial charge in [-0.15, -0.1) is 0 Å². The van der Waals surface area contributed by atoms with Gasteiger partial charge in [-0.25, -0.2) is 19.6 Å². The largest absolute Gasteiger partial charge is 0.478 e. The van der Waals surface area contributed by atoms with Crippen molar-refractivity contribution in [3.05, 3.63) is 71.8 Å². The summed E-state index contributed by atoms with van der Waals surface area (Å²) in [7, 11) is 0. The Morgan fingerprint density at radius 3 is 1.33 bits per heavy atom. The number of carbonyl (C=O) groups is 2. The number of fused-ring (bicyclic) bond motifs is 2. The van der Waals surface area contributed by atoms with Gasteiger partial charge in [-0.3, -0.25) is 0 Å². The maximum absolute atomic E-state index is 11.0. The summed E-state index contributed by atoms with van der Waals surface area (Å²) in [5.74, 6) is -1.28. The first kappa shape index (κ1) is 17.6. The number of hydrogen-bond acceptors (Lipinski definition) is 6. The fraction of sp³-hybridized carbons (Fsp3) is 0. The summed E-state index contributed by atoms with van der Waals surface area (Å²) in [4.78, 5) is 30.9.